The zero-order chi connectivity index (χ0) is 11.3. The Morgan fingerprint density at radius 3 is 2.53 bits per heavy atom. The summed E-state index contributed by atoms with van der Waals surface area (Å²) in [5.74, 6) is -0.0274. The standard InChI is InChI=1S/C11H13Br2NO/c1-2-9(12)7-14-11(15)8-3-5-10(13)6-4-8/h3-6,9H,2,7H2,1H3,(H,14,15). The van der Waals surface area contributed by atoms with Gasteiger partial charge in [-0.3, -0.25) is 4.79 Å². The largest absolute Gasteiger partial charge is 0.351 e. The number of hydrogen-bond donors (Lipinski definition) is 1. The van der Waals surface area contributed by atoms with Gasteiger partial charge >= 0.3 is 0 Å². The van der Waals surface area contributed by atoms with Crippen LogP contribution in [-0.2, 0) is 0 Å². The van der Waals surface area contributed by atoms with Crippen LogP contribution in [0.25, 0.3) is 0 Å². The average molecular weight is 335 g/mol. The minimum atomic E-state index is -0.0274. The Morgan fingerprint density at radius 1 is 1.40 bits per heavy atom. The van der Waals surface area contributed by atoms with Crippen molar-refractivity contribution in [2.24, 2.45) is 0 Å². The number of rotatable bonds is 4. The van der Waals surface area contributed by atoms with Gasteiger partial charge in [0.05, 0.1) is 0 Å². The van der Waals surface area contributed by atoms with Gasteiger partial charge in [0.2, 0.25) is 0 Å². The van der Waals surface area contributed by atoms with Gasteiger partial charge in [-0.25, -0.2) is 0 Å². The van der Waals surface area contributed by atoms with Gasteiger partial charge in [-0.15, -0.1) is 0 Å². The van der Waals surface area contributed by atoms with Gasteiger partial charge in [0.15, 0.2) is 0 Å². The van der Waals surface area contributed by atoms with E-state index < -0.39 is 0 Å². The molecule has 0 radical (unpaired) electrons. The molecule has 0 saturated carbocycles. The van der Waals surface area contributed by atoms with Crippen molar-refractivity contribution in [2.45, 2.75) is 18.2 Å². The highest BCUT2D eigenvalue weighted by atomic mass is 79.9. The van der Waals surface area contributed by atoms with E-state index in [1.165, 1.54) is 0 Å². The molecule has 0 heterocycles. The van der Waals surface area contributed by atoms with Crippen LogP contribution in [0.15, 0.2) is 28.7 Å². The van der Waals surface area contributed by atoms with E-state index in [2.05, 4.69) is 44.1 Å². The molecule has 0 spiro atoms. The number of benzene rings is 1. The molecule has 0 aromatic heterocycles. The summed E-state index contributed by atoms with van der Waals surface area (Å²) in [6.07, 6.45) is 1.00. The number of nitrogens with one attached hydrogen (secondary N) is 1. The molecule has 0 aliphatic carbocycles. The molecule has 1 atom stereocenters. The molecule has 1 N–H and O–H groups in total. The van der Waals surface area contributed by atoms with E-state index in [4.69, 9.17) is 0 Å². The maximum Gasteiger partial charge on any atom is 0.251 e. The summed E-state index contributed by atoms with van der Waals surface area (Å²) in [6.45, 7) is 2.73. The highest BCUT2D eigenvalue weighted by Crippen LogP contribution is 2.10. The van der Waals surface area contributed by atoms with Gasteiger partial charge in [0.1, 0.15) is 0 Å². The second-order valence-electron chi connectivity index (χ2n) is 3.22. The molecule has 0 fully saturated rings. The number of carbonyl (C=O) groups excluding carboxylic acids is 1. The summed E-state index contributed by atoms with van der Waals surface area (Å²) in [5, 5.41) is 2.87. The van der Waals surface area contributed by atoms with E-state index in [1.54, 1.807) is 12.1 Å². The van der Waals surface area contributed by atoms with Crippen LogP contribution < -0.4 is 5.32 Å². The molecule has 1 aromatic rings. The first kappa shape index (κ1) is 12.7. The molecule has 15 heavy (non-hydrogen) atoms. The third kappa shape index (κ3) is 4.34. The van der Waals surface area contributed by atoms with Crippen LogP contribution in [0.4, 0.5) is 0 Å². The van der Waals surface area contributed by atoms with Gasteiger partial charge in [0.25, 0.3) is 5.91 Å². The summed E-state index contributed by atoms with van der Waals surface area (Å²) >= 11 is 6.80. The molecule has 0 aliphatic rings. The molecule has 1 rings (SSSR count). The first-order valence-corrected chi connectivity index (χ1v) is 6.52. The van der Waals surface area contributed by atoms with Crippen molar-refractivity contribution >= 4 is 37.8 Å². The Balaban J connectivity index is 2.50. The molecular formula is C11H13Br2NO. The summed E-state index contributed by atoms with van der Waals surface area (Å²) in [5.41, 5.74) is 0.689. The number of amides is 1. The first-order chi connectivity index (χ1) is 7.13. The monoisotopic (exact) mass is 333 g/mol. The van der Waals surface area contributed by atoms with E-state index >= 15 is 0 Å². The van der Waals surface area contributed by atoms with Crippen molar-refractivity contribution in [2.75, 3.05) is 6.54 Å². The van der Waals surface area contributed by atoms with Crippen molar-refractivity contribution in [3.8, 4) is 0 Å². The SMILES string of the molecule is CCC(Br)CNC(=O)c1ccc(Br)cc1. The summed E-state index contributed by atoms with van der Waals surface area (Å²) in [6, 6.07) is 7.32. The first-order valence-electron chi connectivity index (χ1n) is 4.81. The lowest BCUT2D eigenvalue weighted by Gasteiger charge is -2.08. The molecule has 82 valence electrons. The normalized spacial score (nSPS) is 12.2. The third-order valence-electron chi connectivity index (χ3n) is 2.03. The summed E-state index contributed by atoms with van der Waals surface area (Å²) < 4.78 is 0.978. The van der Waals surface area contributed by atoms with E-state index in [1.807, 2.05) is 12.1 Å². The van der Waals surface area contributed by atoms with Gasteiger partial charge in [-0.1, -0.05) is 38.8 Å². The third-order valence-corrected chi connectivity index (χ3v) is 3.53. The lowest BCUT2D eigenvalue weighted by atomic mass is 10.2. The average Bonchev–Trinajstić information content (AvgIpc) is 2.26. The fourth-order valence-corrected chi connectivity index (χ4v) is 1.48. The molecule has 0 bridgehead atoms. The van der Waals surface area contributed by atoms with Crippen LogP contribution in [-0.4, -0.2) is 17.3 Å². The Morgan fingerprint density at radius 2 is 2.00 bits per heavy atom. The Kier molecular flexibility index (Phi) is 5.32. The van der Waals surface area contributed by atoms with E-state index in [-0.39, 0.29) is 5.91 Å². The number of alkyl halides is 1. The molecule has 0 saturated heterocycles. The Bertz CT molecular complexity index is 324. The second kappa shape index (κ2) is 6.28. The quantitative estimate of drug-likeness (QED) is 0.840. The van der Waals surface area contributed by atoms with Gasteiger partial charge in [0, 0.05) is 21.4 Å². The molecular weight excluding hydrogens is 322 g/mol. The van der Waals surface area contributed by atoms with Crippen LogP contribution in [0.2, 0.25) is 0 Å². The maximum absolute atomic E-state index is 11.6. The fourth-order valence-electron chi connectivity index (χ4n) is 1.05. The molecule has 4 heteroatoms. The Hall–Kier alpha value is -0.350. The van der Waals surface area contributed by atoms with Crippen molar-refractivity contribution in [3.63, 3.8) is 0 Å². The Labute approximate surface area is 107 Å². The summed E-state index contributed by atoms with van der Waals surface area (Å²) in [4.78, 5) is 12.0. The molecule has 0 aliphatic heterocycles. The predicted octanol–water partition coefficient (Wildman–Crippen LogP) is 3.35. The zero-order valence-corrected chi connectivity index (χ0v) is 11.6. The molecule has 1 amide bonds. The van der Waals surface area contributed by atoms with Crippen molar-refractivity contribution < 1.29 is 4.79 Å². The predicted molar refractivity (Wildman–Crippen MR) is 69.5 cm³/mol. The fraction of sp³-hybridized carbons (Fsp3) is 0.364. The molecule has 2 nitrogen and oxygen atoms in total. The van der Waals surface area contributed by atoms with Crippen molar-refractivity contribution in [1.29, 1.82) is 0 Å². The minimum Gasteiger partial charge on any atom is -0.351 e. The lowest BCUT2D eigenvalue weighted by molar-refractivity contribution is 0.0954. The minimum absolute atomic E-state index is 0.0274. The van der Waals surface area contributed by atoms with Crippen LogP contribution in [0.5, 0.6) is 0 Å². The van der Waals surface area contributed by atoms with E-state index in [0.717, 1.165) is 10.9 Å². The maximum atomic E-state index is 11.6. The topological polar surface area (TPSA) is 29.1 Å². The molecule has 1 unspecified atom stereocenters. The highest BCUT2D eigenvalue weighted by Gasteiger charge is 2.06. The van der Waals surface area contributed by atoms with Gasteiger partial charge in [-0.05, 0) is 30.7 Å². The van der Waals surface area contributed by atoms with Gasteiger partial charge in [-0.2, -0.15) is 0 Å². The number of hydrogen-bond acceptors (Lipinski definition) is 1. The van der Waals surface area contributed by atoms with Gasteiger partial charge < -0.3 is 5.32 Å². The number of carbonyl (C=O) groups is 1. The van der Waals surface area contributed by atoms with Crippen molar-refractivity contribution in [1.82, 2.24) is 5.32 Å². The summed E-state index contributed by atoms with van der Waals surface area (Å²) in [7, 11) is 0. The lowest BCUT2D eigenvalue weighted by Crippen LogP contribution is -2.29. The zero-order valence-electron chi connectivity index (χ0n) is 8.47. The van der Waals surface area contributed by atoms with Crippen LogP contribution in [0.3, 0.4) is 0 Å². The smallest absolute Gasteiger partial charge is 0.251 e. The van der Waals surface area contributed by atoms with E-state index in [0.29, 0.717) is 16.9 Å². The van der Waals surface area contributed by atoms with Crippen LogP contribution in [0, 0.1) is 0 Å². The van der Waals surface area contributed by atoms with Crippen LogP contribution >= 0.6 is 31.9 Å². The van der Waals surface area contributed by atoms with Crippen molar-refractivity contribution in [3.05, 3.63) is 34.3 Å². The second-order valence-corrected chi connectivity index (χ2v) is 5.43. The highest BCUT2D eigenvalue weighted by molar-refractivity contribution is 9.10. The number of halogens is 2. The molecule has 1 aromatic carbocycles. The van der Waals surface area contributed by atoms with Crippen LogP contribution in [0.1, 0.15) is 23.7 Å². The van der Waals surface area contributed by atoms with E-state index in [9.17, 15) is 4.79 Å².